The number of halogens is 1. The number of amides is 2. The van der Waals surface area contributed by atoms with Crippen LogP contribution in [-0.4, -0.2) is 47.5 Å². The van der Waals surface area contributed by atoms with E-state index in [-0.39, 0.29) is 30.1 Å². The minimum atomic E-state index is -0.165. The molecule has 3 N–H and O–H groups in total. The van der Waals surface area contributed by atoms with Crippen molar-refractivity contribution in [1.82, 2.24) is 14.8 Å². The van der Waals surface area contributed by atoms with Gasteiger partial charge in [-0.25, -0.2) is 0 Å². The number of rotatable bonds is 5. The normalized spacial score (nSPS) is 16.2. The minimum Gasteiger partial charge on any atom is -0.355 e. The van der Waals surface area contributed by atoms with Crippen molar-refractivity contribution in [2.45, 2.75) is 40.5 Å². The number of nitrogens with one attached hydrogen (secondary N) is 1. The Bertz CT molecular complexity index is 902. The lowest BCUT2D eigenvalue weighted by Crippen LogP contribution is -2.46. The first-order chi connectivity index (χ1) is 13.8. The summed E-state index contributed by atoms with van der Waals surface area (Å²) in [6.45, 7) is 10.2. The number of nitrogens with zero attached hydrogens (tertiary/aromatic N) is 2. The van der Waals surface area contributed by atoms with Gasteiger partial charge in [0, 0.05) is 43.3 Å². The van der Waals surface area contributed by atoms with E-state index in [4.69, 9.17) is 5.73 Å². The zero-order chi connectivity index (χ0) is 21.1. The zero-order valence-electron chi connectivity index (χ0n) is 18.3. The Morgan fingerprint density at radius 2 is 1.77 bits per heavy atom. The predicted molar refractivity (Wildman–Crippen MR) is 123 cm³/mol. The second-order valence-electron chi connectivity index (χ2n) is 8.14. The average molecular weight is 433 g/mol. The number of likely N-dealkylation sites (tertiary alicyclic amines) is 1. The molecule has 1 aliphatic rings. The summed E-state index contributed by atoms with van der Waals surface area (Å²) in [4.78, 5) is 27.4. The van der Waals surface area contributed by atoms with Crippen LogP contribution in [0.5, 0.6) is 0 Å². The number of carbonyl (C=O) groups excluding carboxylic acids is 2. The van der Waals surface area contributed by atoms with E-state index in [1.165, 1.54) is 11.1 Å². The molecule has 1 unspecified atom stereocenters. The Morgan fingerprint density at radius 1 is 1.10 bits per heavy atom. The molecule has 3 rings (SSSR count). The van der Waals surface area contributed by atoms with Gasteiger partial charge in [-0.1, -0.05) is 6.07 Å². The molecule has 0 bridgehead atoms. The zero-order valence-corrected chi connectivity index (χ0v) is 19.1. The third-order valence-corrected chi connectivity index (χ3v) is 5.65. The molecule has 1 saturated heterocycles. The maximum Gasteiger partial charge on any atom is 0.255 e. The number of benzene rings is 1. The topological polar surface area (TPSA) is 80.4 Å². The van der Waals surface area contributed by atoms with E-state index in [2.05, 4.69) is 41.9 Å². The summed E-state index contributed by atoms with van der Waals surface area (Å²) >= 11 is 0. The van der Waals surface area contributed by atoms with Gasteiger partial charge in [0.15, 0.2) is 0 Å². The van der Waals surface area contributed by atoms with Crippen molar-refractivity contribution in [3.05, 3.63) is 52.3 Å². The summed E-state index contributed by atoms with van der Waals surface area (Å²) in [6, 6.07) is 8.39. The van der Waals surface area contributed by atoms with E-state index < -0.39 is 0 Å². The van der Waals surface area contributed by atoms with Gasteiger partial charge >= 0.3 is 0 Å². The van der Waals surface area contributed by atoms with Gasteiger partial charge in [0.05, 0.1) is 11.5 Å². The largest absolute Gasteiger partial charge is 0.355 e. The van der Waals surface area contributed by atoms with Crippen LogP contribution >= 0.6 is 12.4 Å². The van der Waals surface area contributed by atoms with Gasteiger partial charge in [0.1, 0.15) is 0 Å². The van der Waals surface area contributed by atoms with Crippen LogP contribution < -0.4 is 11.1 Å². The van der Waals surface area contributed by atoms with E-state index in [9.17, 15) is 9.59 Å². The first-order valence-electron chi connectivity index (χ1n) is 10.4. The SMILES string of the molecule is Cc1cc(C)cc(-n2c(C)cc(C(=O)N3CCCC(C(=O)NCCN)C3)c2C)c1.Cl. The standard InChI is InChI=1S/C23H32N4O2.ClH/c1-15-10-16(2)12-20(11-15)27-17(3)13-21(18(27)4)23(29)26-9-5-6-19(14-26)22(28)25-8-7-24;/h10-13,19H,5-9,14,24H2,1-4H3,(H,25,28);1H. The Balaban J connectivity index is 0.00000320. The van der Waals surface area contributed by atoms with Crippen LogP contribution in [0.2, 0.25) is 0 Å². The molecule has 0 aliphatic carbocycles. The average Bonchev–Trinajstić information content (AvgIpc) is 2.98. The molecule has 1 atom stereocenters. The van der Waals surface area contributed by atoms with Gasteiger partial charge in [0.25, 0.3) is 5.91 Å². The molecule has 0 radical (unpaired) electrons. The van der Waals surface area contributed by atoms with Crippen LogP contribution in [0.1, 0.15) is 45.7 Å². The van der Waals surface area contributed by atoms with Crippen LogP contribution in [0.3, 0.4) is 0 Å². The molecule has 0 spiro atoms. The first kappa shape index (κ1) is 24.0. The maximum absolute atomic E-state index is 13.3. The van der Waals surface area contributed by atoms with Gasteiger partial charge in [-0.3, -0.25) is 9.59 Å². The molecule has 0 saturated carbocycles. The lowest BCUT2D eigenvalue weighted by atomic mass is 9.96. The van der Waals surface area contributed by atoms with Gasteiger partial charge in [-0.15, -0.1) is 12.4 Å². The van der Waals surface area contributed by atoms with E-state index in [1.807, 2.05) is 24.8 Å². The van der Waals surface area contributed by atoms with Crippen LogP contribution in [0.4, 0.5) is 0 Å². The Morgan fingerprint density at radius 3 is 2.40 bits per heavy atom. The smallest absolute Gasteiger partial charge is 0.255 e. The lowest BCUT2D eigenvalue weighted by molar-refractivity contribution is -0.126. The molecule has 7 heteroatoms. The molecule has 2 heterocycles. The van der Waals surface area contributed by atoms with E-state index in [1.54, 1.807) is 0 Å². The first-order valence-corrected chi connectivity index (χ1v) is 10.4. The molecule has 6 nitrogen and oxygen atoms in total. The summed E-state index contributed by atoms with van der Waals surface area (Å²) in [5.74, 6) is -0.166. The van der Waals surface area contributed by atoms with Crippen molar-refractivity contribution in [1.29, 1.82) is 0 Å². The minimum absolute atomic E-state index is 0. The molecule has 1 aromatic heterocycles. The fourth-order valence-corrected chi connectivity index (χ4v) is 4.34. The summed E-state index contributed by atoms with van der Waals surface area (Å²) in [7, 11) is 0. The Labute approximate surface area is 185 Å². The van der Waals surface area contributed by atoms with Gasteiger partial charge in [0.2, 0.25) is 5.91 Å². The van der Waals surface area contributed by atoms with Crippen LogP contribution in [-0.2, 0) is 4.79 Å². The number of aromatic nitrogens is 1. The Hall–Kier alpha value is -2.31. The van der Waals surface area contributed by atoms with Crippen LogP contribution in [0, 0.1) is 33.6 Å². The highest BCUT2D eigenvalue weighted by molar-refractivity contribution is 5.96. The van der Waals surface area contributed by atoms with E-state index in [0.29, 0.717) is 31.7 Å². The highest BCUT2D eigenvalue weighted by atomic mass is 35.5. The van der Waals surface area contributed by atoms with Gasteiger partial charge in [-0.2, -0.15) is 0 Å². The highest BCUT2D eigenvalue weighted by Gasteiger charge is 2.30. The second-order valence-corrected chi connectivity index (χ2v) is 8.14. The fourth-order valence-electron chi connectivity index (χ4n) is 4.34. The Kier molecular flexibility index (Phi) is 8.10. The number of hydrogen-bond donors (Lipinski definition) is 2. The van der Waals surface area contributed by atoms with E-state index in [0.717, 1.165) is 29.9 Å². The van der Waals surface area contributed by atoms with Crippen molar-refractivity contribution in [3.63, 3.8) is 0 Å². The molecule has 164 valence electrons. The molecule has 1 aliphatic heterocycles. The summed E-state index contributed by atoms with van der Waals surface area (Å²) in [6.07, 6.45) is 1.64. The van der Waals surface area contributed by atoms with E-state index >= 15 is 0 Å². The number of carbonyl (C=O) groups is 2. The number of hydrogen-bond acceptors (Lipinski definition) is 3. The van der Waals surface area contributed by atoms with Gasteiger partial charge in [-0.05, 0) is 69.9 Å². The molecule has 1 fully saturated rings. The summed E-state index contributed by atoms with van der Waals surface area (Å²) < 4.78 is 2.14. The quantitative estimate of drug-likeness (QED) is 0.761. The van der Waals surface area contributed by atoms with Crippen LogP contribution in [0.15, 0.2) is 24.3 Å². The van der Waals surface area contributed by atoms with Gasteiger partial charge < -0.3 is 20.5 Å². The van der Waals surface area contributed by atoms with Crippen LogP contribution in [0.25, 0.3) is 5.69 Å². The molecule has 1 aromatic carbocycles. The van der Waals surface area contributed by atoms with Crippen molar-refractivity contribution < 1.29 is 9.59 Å². The molecular formula is C23H33ClN4O2. The monoisotopic (exact) mass is 432 g/mol. The maximum atomic E-state index is 13.3. The third-order valence-electron chi connectivity index (χ3n) is 5.65. The van der Waals surface area contributed by atoms with Crippen molar-refractivity contribution in [2.75, 3.05) is 26.2 Å². The third kappa shape index (κ3) is 5.05. The summed E-state index contributed by atoms with van der Waals surface area (Å²) in [5.41, 5.74) is 11.6. The molecule has 2 aromatic rings. The predicted octanol–water partition coefficient (Wildman–Crippen LogP) is 3.06. The number of nitrogens with two attached hydrogens (primary N) is 1. The molecular weight excluding hydrogens is 400 g/mol. The number of piperidine rings is 1. The van der Waals surface area contributed by atoms with Crippen molar-refractivity contribution >= 4 is 24.2 Å². The molecule has 30 heavy (non-hydrogen) atoms. The van der Waals surface area contributed by atoms with Crippen molar-refractivity contribution in [2.24, 2.45) is 11.7 Å². The fraction of sp³-hybridized carbons (Fsp3) is 0.478. The number of aryl methyl sites for hydroxylation is 3. The lowest BCUT2D eigenvalue weighted by Gasteiger charge is -2.32. The molecule has 2 amide bonds. The highest BCUT2D eigenvalue weighted by Crippen LogP contribution is 2.25. The van der Waals surface area contributed by atoms with Crippen molar-refractivity contribution in [3.8, 4) is 5.69 Å². The summed E-state index contributed by atoms with van der Waals surface area (Å²) in [5, 5.41) is 2.85. The second kappa shape index (κ2) is 10.1.